The van der Waals surface area contributed by atoms with Crippen LogP contribution < -0.4 is 5.32 Å². The summed E-state index contributed by atoms with van der Waals surface area (Å²) in [6.45, 7) is -0.285. The minimum atomic E-state index is -4.91. The molecule has 2 heterocycles. The van der Waals surface area contributed by atoms with Gasteiger partial charge < -0.3 is 10.2 Å². The SMILES string of the molecule is O=NC1C(=O)Nc2c1ccc1c2CCN(C(=O)C(F)(F)F)C1. The number of nitrogens with zero attached hydrogens (tertiary/aromatic N) is 2. The van der Waals surface area contributed by atoms with E-state index in [0.29, 0.717) is 22.4 Å². The molecule has 0 fully saturated rings. The molecule has 22 heavy (non-hydrogen) atoms. The third-order valence-electron chi connectivity index (χ3n) is 3.86. The van der Waals surface area contributed by atoms with Crippen LogP contribution in [0.15, 0.2) is 17.3 Å². The highest BCUT2D eigenvalue weighted by Crippen LogP contribution is 2.39. The molecule has 6 nitrogen and oxygen atoms in total. The summed E-state index contributed by atoms with van der Waals surface area (Å²) in [5, 5.41) is 5.30. The lowest BCUT2D eigenvalue weighted by molar-refractivity contribution is -0.186. The maximum atomic E-state index is 12.5. The molecule has 0 aliphatic carbocycles. The predicted octanol–water partition coefficient (Wildman–Crippen LogP) is 1.89. The van der Waals surface area contributed by atoms with Crippen molar-refractivity contribution in [3.8, 4) is 0 Å². The monoisotopic (exact) mass is 313 g/mol. The first-order valence-electron chi connectivity index (χ1n) is 6.47. The number of alkyl halides is 3. The number of nitroso groups, excluding NO2 is 1. The number of carbonyl (C=O) groups is 2. The van der Waals surface area contributed by atoms with Crippen molar-refractivity contribution in [2.45, 2.75) is 25.2 Å². The summed E-state index contributed by atoms with van der Waals surface area (Å²) in [7, 11) is 0. The summed E-state index contributed by atoms with van der Waals surface area (Å²) in [4.78, 5) is 34.4. The van der Waals surface area contributed by atoms with Crippen molar-refractivity contribution in [1.82, 2.24) is 4.90 Å². The van der Waals surface area contributed by atoms with Crippen LogP contribution in [0.3, 0.4) is 0 Å². The minimum absolute atomic E-state index is 0.100. The third-order valence-corrected chi connectivity index (χ3v) is 3.86. The van der Waals surface area contributed by atoms with Crippen LogP contribution in [-0.2, 0) is 22.6 Å². The highest BCUT2D eigenvalue weighted by molar-refractivity contribution is 6.03. The molecule has 2 amide bonds. The molecular formula is C13H10F3N3O3. The summed E-state index contributed by atoms with van der Waals surface area (Å²) in [6, 6.07) is 1.89. The van der Waals surface area contributed by atoms with Gasteiger partial charge in [-0.3, -0.25) is 9.59 Å². The van der Waals surface area contributed by atoms with E-state index in [2.05, 4.69) is 10.5 Å². The normalized spacial score (nSPS) is 20.2. The van der Waals surface area contributed by atoms with Crippen molar-refractivity contribution in [1.29, 1.82) is 0 Å². The van der Waals surface area contributed by atoms with E-state index < -0.39 is 24.0 Å². The van der Waals surface area contributed by atoms with E-state index in [1.165, 1.54) is 12.1 Å². The van der Waals surface area contributed by atoms with Gasteiger partial charge in [-0.1, -0.05) is 17.3 Å². The topological polar surface area (TPSA) is 78.8 Å². The molecule has 0 aromatic heterocycles. The summed E-state index contributed by atoms with van der Waals surface area (Å²) >= 11 is 0. The quantitative estimate of drug-likeness (QED) is 0.804. The van der Waals surface area contributed by atoms with Gasteiger partial charge in [-0.15, -0.1) is 4.91 Å². The van der Waals surface area contributed by atoms with Gasteiger partial charge in [0.15, 0.2) is 6.04 Å². The van der Waals surface area contributed by atoms with Gasteiger partial charge in [0.05, 0.1) is 5.69 Å². The zero-order valence-electron chi connectivity index (χ0n) is 11.1. The van der Waals surface area contributed by atoms with E-state index in [1.807, 2.05) is 0 Å². The van der Waals surface area contributed by atoms with Crippen molar-refractivity contribution < 1.29 is 22.8 Å². The van der Waals surface area contributed by atoms with Gasteiger partial charge in [0.2, 0.25) is 0 Å². The van der Waals surface area contributed by atoms with Crippen LogP contribution in [0, 0.1) is 4.91 Å². The van der Waals surface area contributed by atoms with Crippen LogP contribution in [0.25, 0.3) is 0 Å². The lowest BCUT2D eigenvalue weighted by Crippen LogP contribution is -2.43. The Morgan fingerprint density at radius 3 is 2.73 bits per heavy atom. The molecule has 0 saturated carbocycles. The van der Waals surface area contributed by atoms with Crippen LogP contribution in [0.4, 0.5) is 18.9 Å². The predicted molar refractivity (Wildman–Crippen MR) is 68.8 cm³/mol. The smallest absolute Gasteiger partial charge is 0.330 e. The molecule has 1 aromatic rings. The van der Waals surface area contributed by atoms with E-state index >= 15 is 0 Å². The molecule has 1 N–H and O–H groups in total. The van der Waals surface area contributed by atoms with E-state index in [4.69, 9.17) is 0 Å². The maximum Gasteiger partial charge on any atom is 0.471 e. The number of amides is 2. The van der Waals surface area contributed by atoms with Crippen molar-refractivity contribution in [3.05, 3.63) is 33.7 Å². The van der Waals surface area contributed by atoms with Gasteiger partial charge in [-0.2, -0.15) is 13.2 Å². The van der Waals surface area contributed by atoms with E-state index in [1.54, 1.807) is 0 Å². The Morgan fingerprint density at radius 1 is 1.36 bits per heavy atom. The van der Waals surface area contributed by atoms with Crippen LogP contribution >= 0.6 is 0 Å². The van der Waals surface area contributed by atoms with Crippen molar-refractivity contribution in [2.24, 2.45) is 5.18 Å². The molecule has 2 aliphatic heterocycles. The fourth-order valence-electron chi connectivity index (χ4n) is 2.84. The van der Waals surface area contributed by atoms with Crippen LogP contribution in [0.2, 0.25) is 0 Å². The summed E-state index contributed by atoms with van der Waals surface area (Å²) in [6.07, 6.45) is -4.73. The zero-order valence-corrected chi connectivity index (χ0v) is 11.1. The number of hydrogen-bond acceptors (Lipinski definition) is 4. The lowest BCUT2D eigenvalue weighted by Gasteiger charge is -2.30. The molecular weight excluding hydrogens is 303 g/mol. The molecule has 9 heteroatoms. The standard InChI is InChI=1S/C13H10F3N3O3/c14-13(15,16)12(21)19-4-3-7-6(5-19)1-2-8-9(7)17-11(20)10(8)18-22/h1-2,10H,3-5H2,(H,17,20). The summed E-state index contributed by atoms with van der Waals surface area (Å²) in [5.74, 6) is -2.43. The molecule has 1 atom stereocenters. The average Bonchev–Trinajstić information content (AvgIpc) is 2.80. The largest absolute Gasteiger partial charge is 0.471 e. The van der Waals surface area contributed by atoms with Crippen molar-refractivity contribution in [2.75, 3.05) is 11.9 Å². The Bertz CT molecular complexity index is 687. The molecule has 2 aliphatic rings. The number of rotatable bonds is 1. The minimum Gasteiger partial charge on any atom is -0.330 e. The molecule has 3 rings (SSSR count). The number of halogens is 3. The Hall–Kier alpha value is -2.45. The Kier molecular flexibility index (Phi) is 3.15. The van der Waals surface area contributed by atoms with Crippen LogP contribution in [0.1, 0.15) is 22.7 Å². The number of anilines is 1. The van der Waals surface area contributed by atoms with Crippen LogP contribution in [-0.4, -0.2) is 29.4 Å². The molecule has 0 spiro atoms. The van der Waals surface area contributed by atoms with Crippen LogP contribution in [0.5, 0.6) is 0 Å². The molecule has 1 aromatic carbocycles. The number of benzene rings is 1. The first-order valence-corrected chi connectivity index (χ1v) is 6.47. The number of nitrogens with one attached hydrogen (secondary N) is 1. The highest BCUT2D eigenvalue weighted by atomic mass is 19.4. The summed E-state index contributed by atoms with van der Waals surface area (Å²) < 4.78 is 37.4. The molecule has 0 bridgehead atoms. The molecule has 0 radical (unpaired) electrons. The van der Waals surface area contributed by atoms with E-state index in [9.17, 15) is 27.7 Å². The Balaban J connectivity index is 1.93. The number of fused-ring (bicyclic) bond motifs is 3. The van der Waals surface area contributed by atoms with E-state index in [-0.39, 0.29) is 19.5 Å². The fourth-order valence-corrected chi connectivity index (χ4v) is 2.84. The highest BCUT2D eigenvalue weighted by Gasteiger charge is 2.44. The second-order valence-electron chi connectivity index (χ2n) is 5.14. The van der Waals surface area contributed by atoms with Gasteiger partial charge in [0.1, 0.15) is 0 Å². The Morgan fingerprint density at radius 2 is 2.09 bits per heavy atom. The van der Waals surface area contributed by atoms with Gasteiger partial charge in [-0.05, 0) is 17.5 Å². The third kappa shape index (κ3) is 2.13. The maximum absolute atomic E-state index is 12.5. The second kappa shape index (κ2) is 4.79. The van der Waals surface area contributed by atoms with Crippen molar-refractivity contribution in [3.63, 3.8) is 0 Å². The average molecular weight is 313 g/mol. The van der Waals surface area contributed by atoms with Gasteiger partial charge in [-0.25, -0.2) is 0 Å². The fraction of sp³-hybridized carbons (Fsp3) is 0.385. The van der Waals surface area contributed by atoms with Gasteiger partial charge in [0, 0.05) is 18.7 Å². The molecule has 0 saturated heterocycles. The van der Waals surface area contributed by atoms with Gasteiger partial charge in [0.25, 0.3) is 5.91 Å². The molecule has 116 valence electrons. The van der Waals surface area contributed by atoms with Crippen molar-refractivity contribution >= 4 is 17.5 Å². The Labute approximate surface area is 122 Å². The zero-order chi connectivity index (χ0) is 16.1. The number of carbonyl (C=O) groups excluding carboxylic acids is 2. The number of hydrogen-bond donors (Lipinski definition) is 1. The first kappa shape index (κ1) is 14.5. The second-order valence-corrected chi connectivity index (χ2v) is 5.14. The van der Waals surface area contributed by atoms with Gasteiger partial charge >= 0.3 is 12.1 Å². The lowest BCUT2D eigenvalue weighted by atomic mass is 9.94. The first-order chi connectivity index (χ1) is 10.3. The molecule has 1 unspecified atom stereocenters. The summed E-state index contributed by atoms with van der Waals surface area (Å²) in [5.41, 5.74) is 2.04. The van der Waals surface area contributed by atoms with E-state index in [0.717, 1.165) is 4.90 Å².